The molecule has 22 heavy (non-hydrogen) atoms. The van der Waals surface area contributed by atoms with Gasteiger partial charge in [-0.25, -0.2) is 4.79 Å². The van der Waals surface area contributed by atoms with Crippen LogP contribution in [0.2, 0.25) is 0 Å². The number of rotatable bonds is 1. The van der Waals surface area contributed by atoms with Crippen LogP contribution in [0.3, 0.4) is 0 Å². The van der Waals surface area contributed by atoms with Crippen molar-refractivity contribution in [3.63, 3.8) is 0 Å². The van der Waals surface area contributed by atoms with Gasteiger partial charge in [-0.15, -0.1) is 0 Å². The molecule has 1 rings (SSSR count). The number of esters is 1. The number of carbonyl (C=O) groups is 1. The molecule has 9 heteroatoms. The standard InChI is InChI=1S/C8H8O2S.CHO.4CO.Mn/c1-10-8(9)6-4-2-3-5-7(6)11;5*1-2;/h2-5,11H,1H3;1H;;;;;/q;5*-1;/p-1. The summed E-state index contributed by atoms with van der Waals surface area (Å²) in [6, 6.07) is 6.88. The zero-order valence-electron chi connectivity index (χ0n) is 11.0. The van der Waals surface area contributed by atoms with E-state index in [1.165, 1.54) is 7.11 Å². The molecule has 7 nitrogen and oxygen atoms in total. The second-order valence-electron chi connectivity index (χ2n) is 1.99. The first kappa shape index (κ1) is 36.7. The van der Waals surface area contributed by atoms with Gasteiger partial charge in [-0.3, -0.25) is 6.79 Å². The van der Waals surface area contributed by atoms with Crippen LogP contribution in [0, 0.1) is 0 Å². The summed E-state index contributed by atoms with van der Waals surface area (Å²) in [6.07, 6.45) is 0. The molecular formula is C13H8MnO7S-6. The summed E-state index contributed by atoms with van der Waals surface area (Å²) in [5, 5.41) is 0. The van der Waals surface area contributed by atoms with Gasteiger partial charge in [0.25, 0.3) is 0 Å². The Bertz CT molecular complexity index is 341. The van der Waals surface area contributed by atoms with Crippen molar-refractivity contribution < 1.29 is 50.6 Å². The van der Waals surface area contributed by atoms with Gasteiger partial charge in [-0.1, -0.05) is 18.2 Å². The maximum Gasteiger partial charge on any atom is 0.336 e. The summed E-state index contributed by atoms with van der Waals surface area (Å²) in [4.78, 5) is 49.2. The van der Waals surface area contributed by atoms with Crippen molar-refractivity contribution in [1.29, 1.82) is 0 Å². The van der Waals surface area contributed by atoms with Crippen LogP contribution in [0.25, 0.3) is 0 Å². The third kappa shape index (κ3) is 22.9. The van der Waals surface area contributed by atoms with Gasteiger partial charge in [0, 0.05) is 22.6 Å². The molecule has 0 saturated heterocycles. The maximum absolute atomic E-state index is 10.9. The average Bonchev–Trinajstić information content (AvgIpc) is 2.63. The fourth-order valence-corrected chi connectivity index (χ4v) is 0.975. The van der Waals surface area contributed by atoms with Gasteiger partial charge in [-0.05, 0) is 6.07 Å². The van der Waals surface area contributed by atoms with Gasteiger partial charge in [0.2, 0.25) is 0 Å². The molecule has 5 radical (unpaired) electrons. The minimum absolute atomic E-state index is 0. The minimum Gasteiger partial charge on any atom is -0.779 e. The van der Waals surface area contributed by atoms with Crippen LogP contribution in [-0.2, 0) is 58.4 Å². The third-order valence-corrected chi connectivity index (χ3v) is 1.65. The fraction of sp³-hybridized carbons (Fsp3) is 0.0769. The van der Waals surface area contributed by atoms with Crippen molar-refractivity contribution in [2.24, 2.45) is 0 Å². The number of ether oxygens (including phenoxy) is 1. The number of methoxy groups -OCH3 is 1. The monoisotopic (exact) mass is 363 g/mol. The summed E-state index contributed by atoms with van der Waals surface area (Å²) in [7, 11) is 1.34. The van der Waals surface area contributed by atoms with Crippen LogP contribution in [0.4, 0.5) is 0 Å². The summed E-state index contributed by atoms with van der Waals surface area (Å²) in [5.74, 6) is -0.379. The van der Waals surface area contributed by atoms with E-state index in [1.54, 1.807) is 24.3 Å². The zero-order chi connectivity index (χ0) is 18.3. The van der Waals surface area contributed by atoms with Crippen molar-refractivity contribution >= 4 is 52.5 Å². The normalized spacial score (nSPS) is 5.50. The maximum atomic E-state index is 10.9. The van der Waals surface area contributed by atoms with E-state index < -0.39 is 0 Å². The summed E-state index contributed by atoms with van der Waals surface area (Å²) >= 11 is 4.89. The predicted molar refractivity (Wildman–Crippen MR) is 72.9 cm³/mol. The molecule has 0 saturated carbocycles. The van der Waals surface area contributed by atoms with Gasteiger partial charge in [0.05, 0.1) is 7.11 Å². The Morgan fingerprint density at radius 2 is 1.27 bits per heavy atom. The molecule has 0 unspecified atom stereocenters. The summed E-state index contributed by atoms with van der Waals surface area (Å²) in [6.45, 7) is 21.2. The third-order valence-electron chi connectivity index (χ3n) is 1.29. The first-order valence-electron chi connectivity index (χ1n) is 4.15. The number of hydrogen-bond acceptors (Lipinski definition) is 8. The van der Waals surface area contributed by atoms with Crippen molar-refractivity contribution in [3.8, 4) is 0 Å². The quantitative estimate of drug-likeness (QED) is 0.216. The number of benzene rings is 1. The van der Waals surface area contributed by atoms with Gasteiger partial charge in [0.1, 0.15) is 0 Å². The van der Waals surface area contributed by atoms with E-state index in [4.69, 9.17) is 36.6 Å². The molecule has 0 fully saturated rings. The summed E-state index contributed by atoms with van der Waals surface area (Å²) in [5.41, 5.74) is 0.449. The van der Waals surface area contributed by atoms with Gasteiger partial charge < -0.3 is 68.5 Å². The van der Waals surface area contributed by atoms with Crippen molar-refractivity contribution in [1.82, 2.24) is 0 Å². The van der Waals surface area contributed by atoms with E-state index in [2.05, 4.69) is 38.7 Å². The molecule has 1 aromatic carbocycles. The predicted octanol–water partition coefficient (Wildman–Crippen LogP) is -0.486. The number of hydrogen-bond donors (Lipinski definition) is 0. The first-order chi connectivity index (χ1) is 10.3. The largest absolute Gasteiger partial charge is 0.779 e. The molecule has 0 aliphatic rings. The topological polar surface area (TPSA) is 112 Å². The van der Waals surface area contributed by atoms with Crippen LogP contribution in [0.5, 0.6) is 0 Å². The second-order valence-corrected chi connectivity index (χ2v) is 2.43. The van der Waals surface area contributed by atoms with Gasteiger partial charge in [-0.2, -0.15) is 4.90 Å². The molecule has 0 aliphatic carbocycles. The van der Waals surface area contributed by atoms with Crippen LogP contribution in [-0.4, -0.2) is 47.0 Å². The van der Waals surface area contributed by atoms with Crippen LogP contribution >= 0.6 is 0 Å². The van der Waals surface area contributed by atoms with E-state index in [0.29, 0.717) is 10.5 Å². The smallest absolute Gasteiger partial charge is 0.336 e. The van der Waals surface area contributed by atoms with Crippen LogP contribution in [0.1, 0.15) is 10.4 Å². The molecule has 0 bridgehead atoms. The molecule has 0 aliphatic heterocycles. The Kier molecular flexibility index (Phi) is 71.4. The minimum atomic E-state index is -0.379. The van der Waals surface area contributed by atoms with Crippen molar-refractivity contribution in [3.05, 3.63) is 29.8 Å². The Balaban J connectivity index is -0.0000000500. The zero-order valence-corrected chi connectivity index (χ0v) is 13.0. The van der Waals surface area contributed by atoms with Crippen molar-refractivity contribution in [2.75, 3.05) is 7.11 Å². The van der Waals surface area contributed by atoms with E-state index in [-0.39, 0.29) is 23.0 Å². The van der Waals surface area contributed by atoms with Crippen LogP contribution in [0.15, 0.2) is 29.2 Å². The van der Waals surface area contributed by atoms with Gasteiger partial charge in [0.15, 0.2) is 0 Å². The second kappa shape index (κ2) is 42.8. The average molecular weight is 363 g/mol. The Morgan fingerprint density at radius 3 is 1.55 bits per heavy atom. The Labute approximate surface area is 145 Å². The molecule has 0 N–H and O–H groups in total. The molecule has 0 aromatic heterocycles. The van der Waals surface area contributed by atoms with E-state index in [1.807, 2.05) is 0 Å². The molecule has 0 heterocycles. The molecule has 0 atom stereocenters. The molecule has 0 spiro atoms. The molecular weight excluding hydrogens is 355 g/mol. The molecule has 1 aromatic rings. The Morgan fingerprint density at radius 1 is 0.955 bits per heavy atom. The SMILES string of the molecule is COC(=O)c1ccccc1[S-].[C-]=O.[C-]=O.[C-]=O.[C-]=O.[CH-]=O.[Mn]. The van der Waals surface area contributed by atoms with Gasteiger partial charge >= 0.3 is 5.97 Å². The Hall–Kier alpha value is -2.22. The van der Waals surface area contributed by atoms with Crippen LogP contribution < -0.4 is 0 Å². The van der Waals surface area contributed by atoms with E-state index >= 15 is 0 Å². The van der Waals surface area contributed by atoms with Crippen molar-refractivity contribution in [2.45, 2.75) is 4.90 Å². The first-order valence-corrected chi connectivity index (χ1v) is 4.56. The fourth-order valence-electron chi connectivity index (χ4n) is 0.745. The number of carbonyl (C=O) groups excluding carboxylic acids is 6. The molecule has 0 amide bonds. The van der Waals surface area contributed by atoms with E-state index in [9.17, 15) is 4.79 Å². The van der Waals surface area contributed by atoms with E-state index in [0.717, 1.165) is 0 Å². The summed E-state index contributed by atoms with van der Waals surface area (Å²) < 4.78 is 4.51. The molecule has 121 valence electrons.